The summed E-state index contributed by atoms with van der Waals surface area (Å²) in [6, 6.07) is 7.34. The van der Waals surface area contributed by atoms with E-state index in [9.17, 15) is 0 Å². The summed E-state index contributed by atoms with van der Waals surface area (Å²) in [7, 11) is 1.62. The lowest BCUT2D eigenvalue weighted by Crippen LogP contribution is -1.92. The first-order chi connectivity index (χ1) is 8.78. The predicted molar refractivity (Wildman–Crippen MR) is 70.3 cm³/mol. The fourth-order valence-corrected chi connectivity index (χ4v) is 1.85. The van der Waals surface area contributed by atoms with Crippen LogP contribution in [0.5, 0.6) is 5.75 Å². The highest BCUT2D eigenvalue weighted by Gasteiger charge is 2.09. The van der Waals surface area contributed by atoms with Crippen molar-refractivity contribution in [2.75, 3.05) is 12.8 Å². The molecule has 3 N–H and O–H groups in total. The van der Waals surface area contributed by atoms with Gasteiger partial charge in [0.25, 0.3) is 0 Å². The van der Waals surface area contributed by atoms with Crippen molar-refractivity contribution in [1.82, 2.24) is 15.0 Å². The van der Waals surface area contributed by atoms with Crippen LogP contribution in [-0.2, 0) is 0 Å². The maximum absolute atomic E-state index is 5.97. The molecule has 0 aliphatic rings. The van der Waals surface area contributed by atoms with E-state index in [1.165, 1.54) is 0 Å². The average molecular weight is 240 g/mol. The number of benzene rings is 1. The molecule has 18 heavy (non-hydrogen) atoms. The summed E-state index contributed by atoms with van der Waals surface area (Å²) in [4.78, 5) is 11.7. The number of aromatic amines is 1. The van der Waals surface area contributed by atoms with Crippen molar-refractivity contribution < 1.29 is 4.74 Å². The second-order valence-electron chi connectivity index (χ2n) is 3.93. The van der Waals surface area contributed by atoms with Crippen LogP contribution in [0.3, 0.4) is 0 Å². The Bertz CT molecular complexity index is 672. The number of anilines is 1. The molecule has 5 heteroatoms. The lowest BCUT2D eigenvalue weighted by Gasteiger charge is -2.05. The van der Waals surface area contributed by atoms with Crippen molar-refractivity contribution in [1.29, 1.82) is 0 Å². The minimum atomic E-state index is 0.655. The first-order valence-corrected chi connectivity index (χ1v) is 5.51. The van der Waals surface area contributed by atoms with Crippen molar-refractivity contribution in [2.45, 2.75) is 0 Å². The van der Waals surface area contributed by atoms with Gasteiger partial charge in [0.15, 0.2) is 0 Å². The zero-order valence-corrected chi connectivity index (χ0v) is 9.84. The number of nitrogen functional groups attached to an aromatic ring is 1. The molecule has 0 unspecified atom stereocenters. The molecule has 5 nitrogen and oxygen atoms in total. The number of ether oxygens (including phenoxy) is 1. The number of aromatic nitrogens is 3. The van der Waals surface area contributed by atoms with Gasteiger partial charge in [0.1, 0.15) is 11.6 Å². The molecule has 0 saturated carbocycles. The molecule has 0 aliphatic heterocycles. The van der Waals surface area contributed by atoms with E-state index in [0.29, 0.717) is 5.69 Å². The van der Waals surface area contributed by atoms with E-state index in [-0.39, 0.29) is 0 Å². The summed E-state index contributed by atoms with van der Waals surface area (Å²) in [6.07, 6.45) is 3.45. The van der Waals surface area contributed by atoms with Crippen molar-refractivity contribution >= 4 is 16.7 Å². The fraction of sp³-hybridized carbons (Fsp3) is 0.0769. The summed E-state index contributed by atoms with van der Waals surface area (Å²) < 4.78 is 5.20. The topological polar surface area (TPSA) is 76.8 Å². The Morgan fingerprint density at radius 3 is 2.94 bits per heavy atom. The number of nitrogens with zero attached hydrogens (tertiary/aromatic N) is 2. The van der Waals surface area contributed by atoms with Gasteiger partial charge >= 0.3 is 0 Å². The highest BCUT2D eigenvalue weighted by Crippen LogP contribution is 2.29. The Kier molecular flexibility index (Phi) is 2.37. The van der Waals surface area contributed by atoms with E-state index in [0.717, 1.165) is 28.2 Å². The molecule has 0 atom stereocenters. The smallest absolute Gasteiger partial charge is 0.140 e. The molecule has 0 spiro atoms. The number of fused-ring (bicyclic) bond motifs is 1. The first-order valence-electron chi connectivity index (χ1n) is 5.51. The van der Waals surface area contributed by atoms with Crippen molar-refractivity contribution in [3.63, 3.8) is 0 Å². The lowest BCUT2D eigenvalue weighted by atomic mass is 10.1. The third-order valence-corrected chi connectivity index (χ3v) is 2.80. The van der Waals surface area contributed by atoms with Crippen molar-refractivity contribution in [3.8, 4) is 17.1 Å². The number of H-pyrrole nitrogens is 1. The second-order valence-corrected chi connectivity index (χ2v) is 3.93. The summed E-state index contributed by atoms with van der Waals surface area (Å²) >= 11 is 0. The molecule has 2 heterocycles. The van der Waals surface area contributed by atoms with E-state index in [1.807, 2.05) is 18.2 Å². The van der Waals surface area contributed by atoms with Crippen LogP contribution in [0.1, 0.15) is 0 Å². The van der Waals surface area contributed by atoms with Crippen LogP contribution in [0.25, 0.3) is 22.4 Å². The fourth-order valence-electron chi connectivity index (χ4n) is 1.85. The molecule has 90 valence electrons. The molecule has 0 amide bonds. The second kappa shape index (κ2) is 4.03. The molecule has 3 rings (SSSR count). The van der Waals surface area contributed by atoms with Crippen LogP contribution in [0, 0.1) is 0 Å². The molecular formula is C13H12N4O. The molecule has 3 aromatic rings. The molecule has 1 aromatic carbocycles. The number of pyridine rings is 1. The van der Waals surface area contributed by atoms with Gasteiger partial charge in [-0.25, -0.2) is 4.98 Å². The third kappa shape index (κ3) is 1.66. The van der Waals surface area contributed by atoms with E-state index in [1.54, 1.807) is 25.6 Å². The molecular weight excluding hydrogens is 228 g/mol. The summed E-state index contributed by atoms with van der Waals surface area (Å²) in [6.45, 7) is 0. The SMILES string of the molecule is COc1ccc(N)c(-c2nc3ccncc3[nH]2)c1. The van der Waals surface area contributed by atoms with Crippen LogP contribution in [0.15, 0.2) is 36.7 Å². The van der Waals surface area contributed by atoms with Crippen molar-refractivity contribution in [3.05, 3.63) is 36.7 Å². The largest absolute Gasteiger partial charge is 0.497 e. The van der Waals surface area contributed by atoms with Gasteiger partial charge in [-0.2, -0.15) is 0 Å². The van der Waals surface area contributed by atoms with Gasteiger partial charge in [0, 0.05) is 17.4 Å². The van der Waals surface area contributed by atoms with E-state index < -0.39 is 0 Å². The van der Waals surface area contributed by atoms with Crippen LogP contribution in [0.2, 0.25) is 0 Å². The van der Waals surface area contributed by atoms with Crippen LogP contribution in [-0.4, -0.2) is 22.1 Å². The number of imidazole rings is 1. The molecule has 0 saturated heterocycles. The molecule has 2 aromatic heterocycles. The van der Waals surface area contributed by atoms with Gasteiger partial charge in [-0.1, -0.05) is 0 Å². The number of hydrogen-bond donors (Lipinski definition) is 2. The monoisotopic (exact) mass is 240 g/mol. The third-order valence-electron chi connectivity index (χ3n) is 2.80. The normalized spacial score (nSPS) is 10.7. The Hall–Kier alpha value is -2.56. The van der Waals surface area contributed by atoms with Gasteiger partial charge in [-0.15, -0.1) is 0 Å². The molecule has 0 radical (unpaired) electrons. The Morgan fingerprint density at radius 1 is 1.28 bits per heavy atom. The van der Waals surface area contributed by atoms with Gasteiger partial charge in [0.2, 0.25) is 0 Å². The molecule has 0 aliphatic carbocycles. The summed E-state index contributed by atoms with van der Waals surface area (Å²) in [5, 5.41) is 0. The zero-order chi connectivity index (χ0) is 12.5. The number of rotatable bonds is 2. The maximum atomic E-state index is 5.97. The highest BCUT2D eigenvalue weighted by molar-refractivity contribution is 5.82. The van der Waals surface area contributed by atoms with E-state index in [2.05, 4.69) is 15.0 Å². The van der Waals surface area contributed by atoms with Crippen molar-refractivity contribution in [2.24, 2.45) is 0 Å². The molecule has 0 fully saturated rings. The Labute approximate surface area is 104 Å². The summed E-state index contributed by atoms with van der Waals surface area (Å²) in [5.41, 5.74) is 9.19. The number of hydrogen-bond acceptors (Lipinski definition) is 4. The first kappa shape index (κ1) is 10.6. The van der Waals surface area contributed by atoms with Gasteiger partial charge < -0.3 is 15.5 Å². The van der Waals surface area contributed by atoms with Gasteiger partial charge in [-0.3, -0.25) is 4.98 Å². The maximum Gasteiger partial charge on any atom is 0.140 e. The standard InChI is InChI=1S/C13H12N4O/c1-18-8-2-3-10(14)9(6-8)13-16-11-4-5-15-7-12(11)17-13/h2-7H,14H2,1H3,(H,16,17). The number of nitrogens with one attached hydrogen (secondary N) is 1. The quantitative estimate of drug-likeness (QED) is 0.673. The minimum Gasteiger partial charge on any atom is -0.497 e. The van der Waals surface area contributed by atoms with Crippen LogP contribution < -0.4 is 10.5 Å². The highest BCUT2D eigenvalue weighted by atomic mass is 16.5. The van der Waals surface area contributed by atoms with Crippen LogP contribution >= 0.6 is 0 Å². The number of nitrogens with two attached hydrogens (primary N) is 1. The van der Waals surface area contributed by atoms with Gasteiger partial charge in [0.05, 0.1) is 24.3 Å². The Balaban J connectivity index is 2.19. The van der Waals surface area contributed by atoms with Crippen LogP contribution in [0.4, 0.5) is 5.69 Å². The van der Waals surface area contributed by atoms with Gasteiger partial charge in [-0.05, 0) is 24.3 Å². The lowest BCUT2D eigenvalue weighted by molar-refractivity contribution is 0.415. The van der Waals surface area contributed by atoms with E-state index in [4.69, 9.17) is 10.5 Å². The molecule has 0 bridgehead atoms. The minimum absolute atomic E-state index is 0.655. The van der Waals surface area contributed by atoms with E-state index >= 15 is 0 Å². The number of methoxy groups -OCH3 is 1. The average Bonchev–Trinajstić information content (AvgIpc) is 2.82. The predicted octanol–water partition coefficient (Wildman–Crippen LogP) is 2.22. The summed E-state index contributed by atoms with van der Waals surface area (Å²) in [5.74, 6) is 1.46. The zero-order valence-electron chi connectivity index (χ0n) is 9.84. The Morgan fingerprint density at radius 2 is 2.17 bits per heavy atom.